The first-order chi connectivity index (χ1) is 13.2. The zero-order chi connectivity index (χ0) is 20.5. The van der Waals surface area contributed by atoms with Crippen LogP contribution in [-0.2, 0) is 11.3 Å². The molecule has 1 N–H and O–H groups in total. The van der Waals surface area contributed by atoms with Gasteiger partial charge >= 0.3 is 0 Å². The third-order valence-corrected chi connectivity index (χ3v) is 5.84. The topological polar surface area (TPSA) is 76.9 Å². The van der Waals surface area contributed by atoms with Gasteiger partial charge in [-0.1, -0.05) is 32.5 Å². The number of hydrogen-bond donors (Lipinski definition) is 1. The summed E-state index contributed by atoms with van der Waals surface area (Å²) in [6, 6.07) is 7.07. The summed E-state index contributed by atoms with van der Waals surface area (Å²) in [5, 5.41) is 12.1. The Balaban J connectivity index is 1.66. The van der Waals surface area contributed by atoms with E-state index >= 15 is 0 Å². The average molecular weight is 401 g/mol. The van der Waals surface area contributed by atoms with Crippen LogP contribution in [0.1, 0.15) is 69.6 Å². The lowest BCUT2D eigenvalue weighted by Crippen LogP contribution is -2.27. The van der Waals surface area contributed by atoms with Gasteiger partial charge in [0, 0.05) is 29.1 Å². The van der Waals surface area contributed by atoms with Crippen molar-refractivity contribution in [2.24, 2.45) is 5.41 Å². The average Bonchev–Trinajstić information content (AvgIpc) is 3.42. The molecular weight excluding hydrogens is 372 g/mol. The van der Waals surface area contributed by atoms with Crippen LogP contribution in [-0.4, -0.2) is 31.7 Å². The van der Waals surface area contributed by atoms with Gasteiger partial charge in [-0.25, -0.2) is 0 Å². The summed E-state index contributed by atoms with van der Waals surface area (Å²) in [6.45, 7) is 10.4. The molecule has 2 aromatic rings. The number of nitrogens with one attached hydrogen (secondary N) is 1. The van der Waals surface area contributed by atoms with Crippen molar-refractivity contribution in [3.8, 4) is 0 Å². The second-order valence-electron chi connectivity index (χ2n) is 8.27. The molecule has 1 aliphatic carbocycles. The molecule has 1 aromatic heterocycles. The van der Waals surface area contributed by atoms with Gasteiger partial charge in [-0.3, -0.25) is 9.59 Å². The van der Waals surface area contributed by atoms with Crippen molar-refractivity contribution in [3.05, 3.63) is 35.7 Å². The maximum absolute atomic E-state index is 12.8. The molecular formula is C21H28N4O2S. The Morgan fingerprint density at radius 2 is 1.86 bits per heavy atom. The highest BCUT2D eigenvalue weighted by atomic mass is 32.2. The fourth-order valence-corrected chi connectivity index (χ4v) is 3.81. The molecule has 1 heterocycles. The van der Waals surface area contributed by atoms with E-state index in [2.05, 4.69) is 27.0 Å². The van der Waals surface area contributed by atoms with Crippen LogP contribution in [0.15, 0.2) is 29.4 Å². The van der Waals surface area contributed by atoms with E-state index in [-0.39, 0.29) is 16.9 Å². The summed E-state index contributed by atoms with van der Waals surface area (Å²) in [6.07, 6.45) is 2.35. The Hall–Kier alpha value is -2.15. The Bertz CT molecular complexity index is 864. The van der Waals surface area contributed by atoms with Crippen molar-refractivity contribution in [2.45, 2.75) is 70.3 Å². The highest BCUT2D eigenvalue weighted by Crippen LogP contribution is 2.40. The molecule has 0 saturated heterocycles. The van der Waals surface area contributed by atoms with Gasteiger partial charge in [0.25, 0.3) is 0 Å². The number of ketones is 1. The molecule has 6 nitrogen and oxygen atoms in total. The number of aromatic nitrogens is 3. The summed E-state index contributed by atoms with van der Waals surface area (Å²) in [4.78, 5) is 24.9. The first-order valence-corrected chi connectivity index (χ1v) is 10.6. The number of rotatable bonds is 7. The van der Waals surface area contributed by atoms with Gasteiger partial charge in [0.1, 0.15) is 5.82 Å². The van der Waals surface area contributed by atoms with Crippen LogP contribution in [0.25, 0.3) is 0 Å². The summed E-state index contributed by atoms with van der Waals surface area (Å²) < 4.78 is 2.12. The van der Waals surface area contributed by atoms with Crippen molar-refractivity contribution in [1.29, 1.82) is 0 Å². The molecule has 7 heteroatoms. The van der Waals surface area contributed by atoms with Gasteiger partial charge in [0.15, 0.2) is 10.9 Å². The van der Waals surface area contributed by atoms with Gasteiger partial charge in [0.2, 0.25) is 5.91 Å². The molecule has 0 spiro atoms. The number of Topliss-reactive ketones (excluding diaryl/α,β-unsaturated/α-hetero) is 1. The Kier molecular flexibility index (Phi) is 5.93. The predicted molar refractivity (Wildman–Crippen MR) is 112 cm³/mol. The zero-order valence-electron chi connectivity index (χ0n) is 17.2. The molecule has 1 atom stereocenters. The molecule has 0 aliphatic heterocycles. The minimum atomic E-state index is -0.464. The predicted octanol–water partition coefficient (Wildman–Crippen LogP) is 4.52. The maximum atomic E-state index is 12.8. The second-order valence-corrected chi connectivity index (χ2v) is 9.57. The van der Waals surface area contributed by atoms with E-state index in [1.165, 1.54) is 24.6 Å². The van der Waals surface area contributed by atoms with Crippen LogP contribution in [0, 0.1) is 5.41 Å². The van der Waals surface area contributed by atoms with Crippen molar-refractivity contribution in [2.75, 3.05) is 5.32 Å². The standard InChI is InChI=1S/C21H28N4O2S/c1-6-25-18(15-7-8-15)23-24-20(25)28-13(2)17(26)14-9-11-16(12-10-14)22-19(27)21(3,4)5/h9-13,15H,6-8H2,1-5H3,(H,22,27). The van der Waals surface area contributed by atoms with Crippen molar-refractivity contribution >= 4 is 29.1 Å². The minimum absolute atomic E-state index is 0.0392. The molecule has 1 fully saturated rings. The molecule has 0 radical (unpaired) electrons. The first kappa shape index (κ1) is 20.6. The molecule has 3 rings (SSSR count). The number of carbonyl (C=O) groups excluding carboxylic acids is 2. The second kappa shape index (κ2) is 8.07. The summed E-state index contributed by atoms with van der Waals surface area (Å²) >= 11 is 1.45. The number of amides is 1. The highest BCUT2D eigenvalue weighted by Gasteiger charge is 2.31. The number of benzene rings is 1. The van der Waals surface area contributed by atoms with E-state index in [9.17, 15) is 9.59 Å². The van der Waals surface area contributed by atoms with Crippen LogP contribution in [0.3, 0.4) is 0 Å². The Morgan fingerprint density at radius 1 is 1.21 bits per heavy atom. The lowest BCUT2D eigenvalue weighted by Gasteiger charge is -2.18. The quantitative estimate of drug-likeness (QED) is 0.546. The van der Waals surface area contributed by atoms with Crippen molar-refractivity contribution in [1.82, 2.24) is 14.8 Å². The lowest BCUT2D eigenvalue weighted by atomic mass is 9.95. The van der Waals surface area contributed by atoms with Crippen LogP contribution >= 0.6 is 11.8 Å². The highest BCUT2D eigenvalue weighted by molar-refractivity contribution is 8.00. The van der Waals surface area contributed by atoms with E-state index in [4.69, 9.17) is 0 Å². The largest absolute Gasteiger partial charge is 0.326 e. The van der Waals surface area contributed by atoms with Gasteiger partial charge in [-0.05, 0) is 51.0 Å². The number of hydrogen-bond acceptors (Lipinski definition) is 5. The summed E-state index contributed by atoms with van der Waals surface area (Å²) in [5.74, 6) is 1.56. The molecule has 1 aromatic carbocycles. The smallest absolute Gasteiger partial charge is 0.229 e. The molecule has 1 amide bonds. The third kappa shape index (κ3) is 4.63. The summed E-state index contributed by atoms with van der Waals surface area (Å²) in [5.41, 5.74) is 0.851. The van der Waals surface area contributed by atoms with E-state index < -0.39 is 5.41 Å². The molecule has 1 aliphatic rings. The molecule has 1 saturated carbocycles. The van der Waals surface area contributed by atoms with E-state index in [1.807, 2.05) is 27.7 Å². The van der Waals surface area contributed by atoms with Crippen molar-refractivity contribution < 1.29 is 9.59 Å². The summed E-state index contributed by atoms with van der Waals surface area (Å²) in [7, 11) is 0. The van der Waals surface area contributed by atoms with Crippen LogP contribution < -0.4 is 5.32 Å². The lowest BCUT2D eigenvalue weighted by molar-refractivity contribution is -0.123. The molecule has 28 heavy (non-hydrogen) atoms. The van der Waals surface area contributed by atoms with Gasteiger partial charge < -0.3 is 9.88 Å². The molecule has 0 bridgehead atoms. The van der Waals surface area contributed by atoms with E-state index in [1.54, 1.807) is 24.3 Å². The Labute approximate surface area is 170 Å². The molecule has 150 valence electrons. The van der Waals surface area contributed by atoms with Gasteiger partial charge in [-0.2, -0.15) is 0 Å². The van der Waals surface area contributed by atoms with Crippen LogP contribution in [0.4, 0.5) is 5.69 Å². The van der Waals surface area contributed by atoms with Crippen LogP contribution in [0.2, 0.25) is 0 Å². The number of anilines is 1. The Morgan fingerprint density at radius 3 is 2.39 bits per heavy atom. The number of carbonyl (C=O) groups is 2. The minimum Gasteiger partial charge on any atom is -0.326 e. The zero-order valence-corrected chi connectivity index (χ0v) is 18.0. The fourth-order valence-electron chi connectivity index (χ4n) is 2.81. The van der Waals surface area contributed by atoms with Gasteiger partial charge in [-0.15, -0.1) is 10.2 Å². The van der Waals surface area contributed by atoms with E-state index in [0.717, 1.165) is 17.5 Å². The normalized spacial score (nSPS) is 15.3. The van der Waals surface area contributed by atoms with Gasteiger partial charge in [0.05, 0.1) is 5.25 Å². The molecule has 1 unspecified atom stereocenters. The van der Waals surface area contributed by atoms with Crippen molar-refractivity contribution in [3.63, 3.8) is 0 Å². The third-order valence-electron chi connectivity index (χ3n) is 4.76. The fraction of sp³-hybridized carbons (Fsp3) is 0.524. The SMILES string of the molecule is CCn1c(SC(C)C(=O)c2ccc(NC(=O)C(C)(C)C)cc2)nnc1C1CC1. The maximum Gasteiger partial charge on any atom is 0.229 e. The van der Waals surface area contributed by atoms with Crippen LogP contribution in [0.5, 0.6) is 0 Å². The number of nitrogens with zero attached hydrogens (tertiary/aromatic N) is 3. The monoisotopic (exact) mass is 400 g/mol. The van der Waals surface area contributed by atoms with E-state index in [0.29, 0.717) is 17.2 Å². The number of thioether (sulfide) groups is 1. The first-order valence-electron chi connectivity index (χ1n) is 9.76.